The lowest BCUT2D eigenvalue weighted by Crippen LogP contribution is -1.94. The molecule has 0 aromatic carbocycles. The number of nitrogens with zero attached hydrogens (tertiary/aromatic N) is 3. The van der Waals surface area contributed by atoms with Crippen LogP contribution in [0.4, 0.5) is 4.70 Å². The second-order valence-electron chi connectivity index (χ2n) is 3.22. The maximum absolute atomic E-state index is 4.07. The fourth-order valence-electron chi connectivity index (χ4n) is 1.28. The molecule has 0 radical (unpaired) electrons. The molecular formula is C10H18FN3. The highest BCUT2D eigenvalue weighted by atomic mass is 19.0. The summed E-state index contributed by atoms with van der Waals surface area (Å²) in [6, 6.07) is 0. The van der Waals surface area contributed by atoms with Crippen molar-refractivity contribution in [3.63, 3.8) is 0 Å². The zero-order valence-electron chi connectivity index (χ0n) is 8.65. The van der Waals surface area contributed by atoms with Crippen LogP contribution < -0.4 is 0 Å². The molecule has 1 aromatic rings. The zero-order valence-corrected chi connectivity index (χ0v) is 8.65. The highest BCUT2D eigenvalue weighted by molar-refractivity contribution is 4.80. The maximum atomic E-state index is 4.07. The minimum Gasteiger partial charge on any atom is -0.269 e. The van der Waals surface area contributed by atoms with E-state index in [1.165, 1.54) is 32.1 Å². The zero-order chi connectivity index (χ0) is 9.36. The molecule has 0 aliphatic carbocycles. The average molecular weight is 199 g/mol. The first-order chi connectivity index (χ1) is 6.43. The van der Waals surface area contributed by atoms with Crippen LogP contribution >= 0.6 is 0 Å². The van der Waals surface area contributed by atoms with Crippen molar-refractivity contribution in [2.24, 2.45) is 0 Å². The van der Waals surface area contributed by atoms with E-state index < -0.39 is 0 Å². The molecule has 1 rings (SSSR count). The number of aromatic nitrogens is 3. The van der Waals surface area contributed by atoms with E-state index in [2.05, 4.69) is 21.9 Å². The van der Waals surface area contributed by atoms with Crippen molar-refractivity contribution in [3.05, 3.63) is 18.5 Å². The van der Waals surface area contributed by atoms with E-state index in [1.807, 2.05) is 0 Å². The van der Waals surface area contributed by atoms with Gasteiger partial charge in [0.05, 0.1) is 0 Å². The third-order valence-electron chi connectivity index (χ3n) is 2.05. The van der Waals surface area contributed by atoms with Gasteiger partial charge in [-0.25, -0.2) is 15.0 Å². The standard InChI is InChI=1S/C10H17N3.FH/c1-2-3-4-5-6-7-10-12-8-11-9-13-10;/h8-9H,2-7H2,1H3;1H. The fraction of sp³-hybridized carbons (Fsp3) is 0.700. The first-order valence-corrected chi connectivity index (χ1v) is 5.04. The van der Waals surface area contributed by atoms with Crippen LogP contribution in [-0.4, -0.2) is 15.0 Å². The van der Waals surface area contributed by atoms with Gasteiger partial charge in [-0.15, -0.1) is 0 Å². The fourth-order valence-corrected chi connectivity index (χ4v) is 1.28. The van der Waals surface area contributed by atoms with Gasteiger partial charge in [-0.05, 0) is 6.42 Å². The van der Waals surface area contributed by atoms with Crippen molar-refractivity contribution in [2.45, 2.75) is 45.4 Å². The first-order valence-electron chi connectivity index (χ1n) is 5.04. The number of rotatable bonds is 6. The van der Waals surface area contributed by atoms with Gasteiger partial charge < -0.3 is 0 Å². The molecule has 0 atom stereocenters. The summed E-state index contributed by atoms with van der Waals surface area (Å²) in [7, 11) is 0. The molecule has 0 bridgehead atoms. The Morgan fingerprint density at radius 2 is 1.64 bits per heavy atom. The highest BCUT2D eigenvalue weighted by Crippen LogP contribution is 2.04. The van der Waals surface area contributed by atoms with Crippen LogP contribution in [0.3, 0.4) is 0 Å². The van der Waals surface area contributed by atoms with Gasteiger partial charge in [-0.3, -0.25) is 4.70 Å². The van der Waals surface area contributed by atoms with E-state index in [4.69, 9.17) is 0 Å². The molecule has 0 fully saturated rings. The predicted octanol–water partition coefficient (Wildman–Crippen LogP) is 2.54. The van der Waals surface area contributed by atoms with E-state index in [9.17, 15) is 0 Å². The Morgan fingerprint density at radius 1 is 1.00 bits per heavy atom. The monoisotopic (exact) mass is 199 g/mol. The predicted molar refractivity (Wildman–Crippen MR) is 54.8 cm³/mol. The molecule has 1 aromatic heterocycles. The van der Waals surface area contributed by atoms with Crippen LogP contribution in [0.2, 0.25) is 0 Å². The van der Waals surface area contributed by atoms with E-state index in [-0.39, 0.29) is 4.70 Å². The molecule has 0 saturated heterocycles. The molecule has 80 valence electrons. The van der Waals surface area contributed by atoms with Crippen LogP contribution in [0.25, 0.3) is 0 Å². The van der Waals surface area contributed by atoms with Crippen LogP contribution in [0.15, 0.2) is 12.7 Å². The maximum Gasteiger partial charge on any atom is 0.131 e. The van der Waals surface area contributed by atoms with E-state index >= 15 is 0 Å². The summed E-state index contributed by atoms with van der Waals surface area (Å²) in [5.74, 6) is 0.923. The van der Waals surface area contributed by atoms with Gasteiger partial charge in [0.2, 0.25) is 0 Å². The Kier molecular flexibility index (Phi) is 7.89. The molecule has 0 saturated carbocycles. The van der Waals surface area contributed by atoms with Crippen LogP contribution in [0.1, 0.15) is 44.9 Å². The normalized spacial score (nSPS) is 9.50. The molecule has 1 heterocycles. The number of halogens is 1. The average Bonchev–Trinajstić information content (AvgIpc) is 2.19. The molecule has 3 nitrogen and oxygen atoms in total. The lowest BCUT2D eigenvalue weighted by Gasteiger charge is -1.98. The van der Waals surface area contributed by atoms with Crippen molar-refractivity contribution >= 4 is 0 Å². The Hall–Kier alpha value is -1.06. The Balaban J connectivity index is 0.00000169. The minimum atomic E-state index is 0. The molecule has 0 aliphatic heterocycles. The molecule has 14 heavy (non-hydrogen) atoms. The summed E-state index contributed by atoms with van der Waals surface area (Å²) in [5, 5.41) is 0. The molecule has 0 aliphatic rings. The number of aryl methyl sites for hydroxylation is 1. The molecular weight excluding hydrogens is 181 g/mol. The van der Waals surface area contributed by atoms with Gasteiger partial charge in [0.15, 0.2) is 0 Å². The summed E-state index contributed by atoms with van der Waals surface area (Å²) in [5.41, 5.74) is 0. The van der Waals surface area contributed by atoms with Crippen LogP contribution in [0.5, 0.6) is 0 Å². The first kappa shape index (κ1) is 12.9. The smallest absolute Gasteiger partial charge is 0.131 e. The van der Waals surface area contributed by atoms with Crippen LogP contribution in [0, 0.1) is 0 Å². The lowest BCUT2D eigenvalue weighted by atomic mass is 10.1. The quantitative estimate of drug-likeness (QED) is 0.661. The largest absolute Gasteiger partial charge is 0.269 e. The van der Waals surface area contributed by atoms with Gasteiger partial charge in [0.1, 0.15) is 18.5 Å². The second kappa shape index (κ2) is 8.53. The second-order valence-corrected chi connectivity index (χ2v) is 3.22. The summed E-state index contributed by atoms with van der Waals surface area (Å²) in [6.45, 7) is 2.23. The minimum absolute atomic E-state index is 0. The topological polar surface area (TPSA) is 38.7 Å². The summed E-state index contributed by atoms with van der Waals surface area (Å²) < 4.78 is 0. The van der Waals surface area contributed by atoms with Gasteiger partial charge in [0, 0.05) is 6.42 Å². The Morgan fingerprint density at radius 3 is 2.29 bits per heavy atom. The van der Waals surface area contributed by atoms with E-state index in [0.29, 0.717) is 0 Å². The summed E-state index contributed by atoms with van der Waals surface area (Å²) >= 11 is 0. The molecule has 0 spiro atoms. The number of hydrogen-bond donors (Lipinski definition) is 0. The van der Waals surface area contributed by atoms with Gasteiger partial charge >= 0.3 is 0 Å². The van der Waals surface area contributed by atoms with Crippen LogP contribution in [-0.2, 0) is 6.42 Å². The van der Waals surface area contributed by atoms with Crippen molar-refractivity contribution in [3.8, 4) is 0 Å². The lowest BCUT2D eigenvalue weighted by molar-refractivity contribution is 0.621. The third-order valence-corrected chi connectivity index (χ3v) is 2.05. The van der Waals surface area contributed by atoms with E-state index in [1.54, 1.807) is 12.7 Å². The molecule has 0 unspecified atom stereocenters. The van der Waals surface area contributed by atoms with Crippen molar-refractivity contribution in [1.29, 1.82) is 0 Å². The molecule has 4 heteroatoms. The van der Waals surface area contributed by atoms with Crippen molar-refractivity contribution < 1.29 is 4.70 Å². The third kappa shape index (κ3) is 5.56. The van der Waals surface area contributed by atoms with Crippen molar-refractivity contribution in [1.82, 2.24) is 15.0 Å². The molecule has 0 amide bonds. The molecule has 0 N–H and O–H groups in total. The Bertz CT molecular complexity index is 216. The highest BCUT2D eigenvalue weighted by Gasteiger charge is 1.94. The van der Waals surface area contributed by atoms with Gasteiger partial charge in [-0.2, -0.15) is 0 Å². The number of hydrogen-bond acceptors (Lipinski definition) is 3. The van der Waals surface area contributed by atoms with Gasteiger partial charge in [-0.1, -0.05) is 32.6 Å². The van der Waals surface area contributed by atoms with Crippen molar-refractivity contribution in [2.75, 3.05) is 0 Å². The summed E-state index contributed by atoms with van der Waals surface area (Å²) in [4.78, 5) is 11.9. The van der Waals surface area contributed by atoms with E-state index in [0.717, 1.165) is 12.2 Å². The van der Waals surface area contributed by atoms with Gasteiger partial charge in [0.25, 0.3) is 0 Å². The summed E-state index contributed by atoms with van der Waals surface area (Å²) in [6.07, 6.45) is 10.6. The number of unbranched alkanes of at least 4 members (excludes halogenated alkanes) is 4. The SMILES string of the molecule is CCCCCCCc1ncncn1.F. The Labute approximate surface area is 84.4 Å².